The van der Waals surface area contributed by atoms with Gasteiger partial charge in [-0.25, -0.2) is 0 Å². The summed E-state index contributed by atoms with van der Waals surface area (Å²) in [5, 5.41) is 4.70. The molecule has 0 bridgehead atoms. The van der Waals surface area contributed by atoms with Crippen molar-refractivity contribution in [2.75, 3.05) is 73.3 Å². The Morgan fingerprint density at radius 1 is 0.705 bits per heavy atom. The molecule has 0 radical (unpaired) electrons. The van der Waals surface area contributed by atoms with E-state index in [-0.39, 0.29) is 87.7 Å². The Morgan fingerprint density at radius 2 is 1.22 bits per heavy atom. The van der Waals surface area contributed by atoms with E-state index in [0.29, 0.717) is 38.4 Å². The summed E-state index contributed by atoms with van der Waals surface area (Å²) < 4.78 is 45.2. The molecule has 6 aliphatic rings. The average molecular weight is 1190 g/mol. The number of carbonyl (C=O) groups excluding carboxylic acids is 4. The third-order valence-electron chi connectivity index (χ3n) is 15.0. The molecule has 1 N–H and O–H groups in total. The fourth-order valence-electron chi connectivity index (χ4n) is 9.89. The van der Waals surface area contributed by atoms with E-state index in [1.165, 1.54) is 16.2 Å². The molecule has 78 heavy (non-hydrogen) atoms. The number of carbonyl (C=O) groups is 4. The van der Waals surface area contributed by atoms with Crippen LogP contribution >= 0.6 is 11.6 Å². The van der Waals surface area contributed by atoms with E-state index in [0.717, 1.165) is 113 Å². The summed E-state index contributed by atoms with van der Waals surface area (Å²) in [5.74, 6) is 3.62. The molecular formula is C62H81ClFN4O9Pd-. The molecule has 2 unspecified atom stereocenters. The second kappa shape index (κ2) is 26.7. The summed E-state index contributed by atoms with van der Waals surface area (Å²) in [4.78, 5) is 52.6. The van der Waals surface area contributed by atoms with Crippen LogP contribution in [0.1, 0.15) is 115 Å². The number of halogens is 2. The van der Waals surface area contributed by atoms with Gasteiger partial charge < -0.3 is 50.8 Å². The number of benzene rings is 4. The first-order chi connectivity index (χ1) is 36.5. The van der Waals surface area contributed by atoms with Gasteiger partial charge in [-0.05, 0) is 127 Å². The number of Topliss-reactive ketones (excluding diaryl/α,β-unsaturated/α-hetero) is 2. The Bertz CT molecular complexity index is 2940. The largest absolute Gasteiger partial charge is 0.454 e. The fourth-order valence-corrected chi connectivity index (χ4v) is 10.1. The number of alkyl halides is 2. The predicted molar refractivity (Wildman–Crippen MR) is 304 cm³/mol. The van der Waals surface area contributed by atoms with Crippen LogP contribution in [0.2, 0.25) is 0 Å². The summed E-state index contributed by atoms with van der Waals surface area (Å²) in [7, 11) is 7.40. The predicted octanol–water partition coefficient (Wildman–Crippen LogP) is 11.4. The van der Waals surface area contributed by atoms with Crippen molar-refractivity contribution in [1.29, 1.82) is 0 Å². The van der Waals surface area contributed by atoms with Crippen LogP contribution in [0.4, 0.5) is 10.1 Å². The maximum atomic E-state index is 13.5. The van der Waals surface area contributed by atoms with Crippen molar-refractivity contribution in [1.82, 2.24) is 14.4 Å². The van der Waals surface area contributed by atoms with E-state index >= 15 is 0 Å². The maximum Gasteiger partial charge on any atom is 0.242 e. The molecule has 2 saturated carbocycles. The molecule has 5 aromatic rings. The summed E-state index contributed by atoms with van der Waals surface area (Å²) >= 11 is 5.16. The number of fused-ring (bicyclic) bond motifs is 4. The van der Waals surface area contributed by atoms with E-state index in [1.54, 1.807) is 33.1 Å². The van der Waals surface area contributed by atoms with Crippen LogP contribution in [0.3, 0.4) is 0 Å². The van der Waals surface area contributed by atoms with Crippen LogP contribution in [0.25, 0.3) is 10.9 Å². The first-order valence-corrected chi connectivity index (χ1v) is 26.8. The molecule has 3 fully saturated rings. The second-order valence-electron chi connectivity index (χ2n) is 22.9. The first kappa shape index (κ1) is 61.8. The normalized spacial score (nSPS) is 18.1. The number of ether oxygens (including phenoxy) is 5. The van der Waals surface area contributed by atoms with Crippen LogP contribution in [-0.4, -0.2) is 112 Å². The number of hydrogen-bond donors (Lipinski definition) is 1. The minimum Gasteiger partial charge on any atom is -0.454 e. The average Bonchev–Trinajstić information content (AvgIpc) is 4.02. The molecule has 13 nitrogen and oxygen atoms in total. The molecule has 2 aliphatic carbocycles. The van der Waals surface area contributed by atoms with E-state index < -0.39 is 5.41 Å². The van der Waals surface area contributed by atoms with Gasteiger partial charge in [-0.1, -0.05) is 71.9 Å². The van der Waals surface area contributed by atoms with E-state index in [9.17, 15) is 23.6 Å². The molecule has 4 aliphatic heterocycles. The van der Waals surface area contributed by atoms with Crippen LogP contribution < -0.4 is 24.3 Å². The molecule has 1 saturated heterocycles. The van der Waals surface area contributed by atoms with Gasteiger partial charge >= 0.3 is 0 Å². The van der Waals surface area contributed by atoms with Gasteiger partial charge in [0.25, 0.3) is 0 Å². The second-order valence-corrected chi connectivity index (χ2v) is 23.2. The number of ketones is 2. The van der Waals surface area contributed by atoms with Crippen LogP contribution in [0, 0.1) is 12.8 Å². The van der Waals surface area contributed by atoms with Crippen LogP contribution in [0.15, 0.2) is 78.9 Å². The zero-order chi connectivity index (χ0) is 56.0. The molecule has 428 valence electrons. The number of anilines is 1. The number of amides is 2. The molecule has 2 amide bonds. The molecule has 11 rings (SSSR count). The summed E-state index contributed by atoms with van der Waals surface area (Å²) in [6.45, 7) is 14.7. The van der Waals surface area contributed by atoms with Gasteiger partial charge in [0.05, 0.1) is 19.4 Å². The number of aromatic nitrogens is 1. The Kier molecular flexibility index (Phi) is 21.1. The van der Waals surface area contributed by atoms with E-state index in [2.05, 4.69) is 87.8 Å². The number of rotatable bonds is 11. The maximum absolute atomic E-state index is 13.5. The molecule has 5 heterocycles. The zero-order valence-electron chi connectivity index (χ0n) is 48.6. The fraction of sp³-hybridized carbons (Fsp3) is 0.500. The molecule has 16 heteroatoms. The van der Waals surface area contributed by atoms with Crippen molar-refractivity contribution in [3.8, 4) is 23.0 Å². The standard InChI is InChI=1S/C28H32N2O4.C24H27NO3.C4H8ClNO.C4H8O.CH3F.CH3.Pd/c1-27(2,3)24-14-19-12-18(6-8-21(19)30(24)16-26(32)29(4)5)13-25(31)28(10-11-28)20-7-9-22-23(15-20)34-17-33-22;1-23(2,3)21-12-16-10-15(4-6-18(16)25-21)11-22(26)24(8-9-24)17-5-7-19-20(13-17)28-14-27-19;1-6(2)4(7)3-5;1-2-4-5-3-1;1-2;;/h6-9,12,14-15H,10-11,13,16-17H2,1-5H3;4-7,10,13,21,25H,8-9,11-12,14H2,1-3H3;3H2,1-2H3;1-4H2;1H3;1H3;/q;;;;;-1;/i;;;3D;;;. The molecule has 2 atom stereocenters. The zero-order valence-corrected chi connectivity index (χ0v) is 50.0. The number of nitrogens with zero attached hydrogens (tertiary/aromatic N) is 3. The monoisotopic (exact) mass is 1190 g/mol. The Hall–Kier alpha value is -5.46. The van der Waals surface area contributed by atoms with Gasteiger partial charge in [-0.2, -0.15) is 0 Å². The molecule has 0 spiro atoms. The topological polar surface area (TPSA) is 138 Å². The molecule has 1 aromatic heterocycles. The van der Waals surface area contributed by atoms with Crippen LogP contribution in [0.5, 0.6) is 23.0 Å². The quantitative estimate of drug-likeness (QED) is 0.0773. The van der Waals surface area contributed by atoms with Crippen LogP contribution in [-0.2, 0) is 86.4 Å². The smallest absolute Gasteiger partial charge is 0.242 e. The summed E-state index contributed by atoms with van der Waals surface area (Å²) in [6.07, 6.45) is 7.48. The van der Waals surface area contributed by atoms with Gasteiger partial charge in [0.15, 0.2) is 23.0 Å². The van der Waals surface area contributed by atoms with E-state index in [1.807, 2.05) is 42.5 Å². The Balaban J connectivity index is 0.000000228. The van der Waals surface area contributed by atoms with Crippen molar-refractivity contribution in [3.05, 3.63) is 120 Å². The van der Waals surface area contributed by atoms with Gasteiger partial charge in [0.2, 0.25) is 25.4 Å². The SMILES string of the molecule is CC(C)(C)C1Cc2cc(CC(=O)C3(c4ccc5c(c4)OCO5)CC3)ccc2N1.CF.CN(C)C(=O)CCl.CN(C)C(=O)Cn1c(C(C)(C)C)cc2cc(CC(=O)C3(c4ccc5c(c4)OCO5)CC3)ccc21.[2H]C1CCCO1.[CH3-].[Pd]. The number of nitrogens with one attached hydrogen (secondary N) is 1. The number of likely N-dealkylation sites (N-methyl/N-ethyl adjacent to an activating group) is 1. The van der Waals surface area contributed by atoms with Crippen molar-refractivity contribution < 1.29 is 69.0 Å². The minimum absolute atomic E-state index is 0. The van der Waals surface area contributed by atoms with Gasteiger partial charge in [0, 0.05) is 108 Å². The van der Waals surface area contributed by atoms with Crippen molar-refractivity contribution in [3.63, 3.8) is 0 Å². The molecular weight excluding hydrogens is 1110 g/mol. The van der Waals surface area contributed by atoms with Crippen molar-refractivity contribution in [2.24, 2.45) is 5.41 Å². The first-order valence-electron chi connectivity index (χ1n) is 26.8. The molecule has 4 aromatic carbocycles. The summed E-state index contributed by atoms with van der Waals surface area (Å²) in [5.41, 5.74) is 8.23. The third kappa shape index (κ3) is 14.9. The Morgan fingerprint density at radius 3 is 1.64 bits per heavy atom. The van der Waals surface area contributed by atoms with Gasteiger partial charge in [0.1, 0.15) is 24.0 Å². The Labute approximate surface area is 482 Å². The minimum atomic E-state index is -0.420. The van der Waals surface area contributed by atoms with Gasteiger partial charge in [-0.15, -0.1) is 11.6 Å². The number of hydrogen-bond acceptors (Lipinski definition) is 10. The van der Waals surface area contributed by atoms with Gasteiger partial charge in [-0.3, -0.25) is 23.6 Å². The third-order valence-corrected chi connectivity index (χ3v) is 15.2. The van der Waals surface area contributed by atoms with Crippen molar-refractivity contribution in [2.45, 2.75) is 128 Å². The van der Waals surface area contributed by atoms with E-state index in [4.69, 9.17) is 36.7 Å². The summed E-state index contributed by atoms with van der Waals surface area (Å²) in [6, 6.07) is 27.1. The van der Waals surface area contributed by atoms with Crippen molar-refractivity contribution >= 4 is 51.6 Å².